The predicted molar refractivity (Wildman–Crippen MR) is 79.9 cm³/mol. The third-order valence-corrected chi connectivity index (χ3v) is 3.27. The van der Waals surface area contributed by atoms with E-state index in [1.165, 1.54) is 18.2 Å². The molecule has 0 aliphatic rings. The van der Waals surface area contributed by atoms with Gasteiger partial charge in [0.2, 0.25) is 0 Å². The van der Waals surface area contributed by atoms with Crippen molar-refractivity contribution in [3.05, 3.63) is 29.8 Å². The average molecular weight is 330 g/mol. The minimum absolute atomic E-state index is 0.0148. The standard InChI is InChI=1S/C16H21F3N2O2/c17-16(18,19)14-6-1-2-7-15(14)23-13-4-3-9-21(11-12-22)10-5-8-20/h1-2,6-7,22H,3-5,9-13H2. The third-order valence-electron chi connectivity index (χ3n) is 3.27. The van der Waals surface area contributed by atoms with Crippen LogP contribution in [-0.2, 0) is 6.18 Å². The number of halogens is 3. The minimum Gasteiger partial charge on any atom is -0.493 e. The average Bonchev–Trinajstić information content (AvgIpc) is 2.51. The van der Waals surface area contributed by atoms with Gasteiger partial charge in [0.25, 0.3) is 0 Å². The highest BCUT2D eigenvalue weighted by atomic mass is 19.4. The number of unbranched alkanes of at least 4 members (excludes halogenated alkanes) is 1. The summed E-state index contributed by atoms with van der Waals surface area (Å²) in [7, 11) is 0. The van der Waals surface area contributed by atoms with Crippen molar-refractivity contribution < 1.29 is 23.0 Å². The van der Waals surface area contributed by atoms with Crippen LogP contribution < -0.4 is 4.74 Å². The van der Waals surface area contributed by atoms with Crippen LogP contribution in [0.25, 0.3) is 0 Å². The van der Waals surface area contributed by atoms with E-state index in [1.54, 1.807) is 0 Å². The third kappa shape index (κ3) is 7.35. The normalized spacial score (nSPS) is 11.5. The first-order valence-electron chi connectivity index (χ1n) is 7.48. The zero-order chi connectivity index (χ0) is 17.1. The van der Waals surface area contributed by atoms with Gasteiger partial charge >= 0.3 is 6.18 Å². The number of nitrogens with zero attached hydrogens (tertiary/aromatic N) is 2. The molecule has 0 aromatic heterocycles. The van der Waals surface area contributed by atoms with E-state index in [0.29, 0.717) is 32.5 Å². The molecule has 1 aromatic rings. The van der Waals surface area contributed by atoms with Gasteiger partial charge < -0.3 is 14.7 Å². The summed E-state index contributed by atoms with van der Waals surface area (Å²) in [6.45, 7) is 1.94. The first-order valence-corrected chi connectivity index (χ1v) is 7.48. The first-order chi connectivity index (χ1) is 11.0. The number of hydrogen-bond donors (Lipinski definition) is 1. The van der Waals surface area contributed by atoms with Crippen molar-refractivity contribution in [2.24, 2.45) is 0 Å². The summed E-state index contributed by atoms with van der Waals surface area (Å²) in [6.07, 6.45) is -2.72. The number of aliphatic hydroxyl groups excluding tert-OH is 1. The van der Waals surface area contributed by atoms with E-state index in [2.05, 4.69) is 0 Å². The molecular formula is C16H21F3N2O2. The Morgan fingerprint density at radius 1 is 1.13 bits per heavy atom. The number of benzene rings is 1. The Morgan fingerprint density at radius 2 is 1.87 bits per heavy atom. The van der Waals surface area contributed by atoms with E-state index in [4.69, 9.17) is 15.1 Å². The molecule has 128 valence electrons. The zero-order valence-corrected chi connectivity index (χ0v) is 12.9. The molecule has 0 saturated carbocycles. The molecule has 7 heteroatoms. The first kappa shape index (κ1) is 19.3. The number of alkyl halides is 3. The fraction of sp³-hybridized carbons (Fsp3) is 0.562. The fourth-order valence-corrected chi connectivity index (χ4v) is 2.13. The summed E-state index contributed by atoms with van der Waals surface area (Å²) in [6, 6.07) is 7.20. The molecule has 0 bridgehead atoms. The van der Waals surface area contributed by atoms with Gasteiger partial charge in [0.1, 0.15) is 5.75 Å². The molecule has 4 nitrogen and oxygen atoms in total. The van der Waals surface area contributed by atoms with E-state index in [9.17, 15) is 13.2 Å². The highest BCUT2D eigenvalue weighted by Crippen LogP contribution is 2.35. The fourth-order valence-electron chi connectivity index (χ4n) is 2.13. The Kier molecular flexibility index (Phi) is 8.45. The molecule has 0 fully saturated rings. The second kappa shape index (κ2) is 10.1. The van der Waals surface area contributed by atoms with E-state index in [0.717, 1.165) is 12.5 Å². The Bertz CT molecular complexity index is 501. The van der Waals surface area contributed by atoms with Crippen LogP contribution >= 0.6 is 0 Å². The van der Waals surface area contributed by atoms with E-state index in [-0.39, 0.29) is 19.0 Å². The molecule has 1 N–H and O–H groups in total. The molecule has 0 spiro atoms. The van der Waals surface area contributed by atoms with Crippen LogP contribution in [0.2, 0.25) is 0 Å². The van der Waals surface area contributed by atoms with Crippen LogP contribution in [-0.4, -0.2) is 42.9 Å². The molecule has 0 heterocycles. The number of aliphatic hydroxyl groups is 1. The summed E-state index contributed by atoms with van der Waals surface area (Å²) in [5.74, 6) is -0.156. The smallest absolute Gasteiger partial charge is 0.419 e. The van der Waals surface area contributed by atoms with Gasteiger partial charge in [-0.05, 0) is 31.5 Å². The molecule has 0 aliphatic heterocycles. The maximum atomic E-state index is 12.8. The maximum Gasteiger partial charge on any atom is 0.419 e. The Labute approximate surface area is 134 Å². The molecule has 0 unspecified atom stereocenters. The summed E-state index contributed by atoms with van der Waals surface area (Å²) in [5.41, 5.74) is -0.768. The lowest BCUT2D eigenvalue weighted by atomic mass is 10.2. The van der Waals surface area contributed by atoms with Crippen molar-refractivity contribution in [2.45, 2.75) is 25.4 Å². The Balaban J connectivity index is 2.36. The van der Waals surface area contributed by atoms with Crippen LogP contribution in [0.15, 0.2) is 24.3 Å². The monoisotopic (exact) mass is 330 g/mol. The van der Waals surface area contributed by atoms with Crippen molar-refractivity contribution in [3.8, 4) is 11.8 Å². The maximum absolute atomic E-state index is 12.8. The van der Waals surface area contributed by atoms with Gasteiger partial charge in [-0.3, -0.25) is 0 Å². The van der Waals surface area contributed by atoms with Crippen molar-refractivity contribution in [2.75, 3.05) is 32.8 Å². The highest BCUT2D eigenvalue weighted by Gasteiger charge is 2.33. The van der Waals surface area contributed by atoms with Gasteiger partial charge in [-0.1, -0.05) is 12.1 Å². The van der Waals surface area contributed by atoms with E-state index in [1.807, 2.05) is 11.0 Å². The van der Waals surface area contributed by atoms with Crippen LogP contribution in [0.3, 0.4) is 0 Å². The summed E-state index contributed by atoms with van der Waals surface area (Å²) >= 11 is 0. The second-order valence-electron chi connectivity index (χ2n) is 5.02. The summed E-state index contributed by atoms with van der Waals surface area (Å²) in [5, 5.41) is 17.5. The quantitative estimate of drug-likeness (QED) is 0.670. The Hall–Kier alpha value is -1.78. The van der Waals surface area contributed by atoms with Crippen molar-refractivity contribution >= 4 is 0 Å². The van der Waals surface area contributed by atoms with Crippen molar-refractivity contribution in [3.63, 3.8) is 0 Å². The Morgan fingerprint density at radius 3 is 2.52 bits per heavy atom. The van der Waals surface area contributed by atoms with Gasteiger partial charge in [-0.15, -0.1) is 0 Å². The molecule has 0 amide bonds. The number of ether oxygens (including phenoxy) is 1. The number of rotatable bonds is 10. The molecule has 0 aliphatic carbocycles. The molecule has 1 rings (SSSR count). The van der Waals surface area contributed by atoms with Gasteiger partial charge in [0.05, 0.1) is 24.8 Å². The van der Waals surface area contributed by atoms with Crippen LogP contribution in [0.5, 0.6) is 5.75 Å². The van der Waals surface area contributed by atoms with E-state index < -0.39 is 11.7 Å². The minimum atomic E-state index is -4.42. The van der Waals surface area contributed by atoms with E-state index >= 15 is 0 Å². The summed E-state index contributed by atoms with van der Waals surface area (Å²) in [4.78, 5) is 1.95. The molecular weight excluding hydrogens is 309 g/mol. The SMILES string of the molecule is N#CCCN(CCO)CCCCOc1ccccc1C(F)(F)F. The van der Waals surface area contributed by atoms with Gasteiger partial charge in [-0.25, -0.2) is 0 Å². The molecule has 1 aromatic carbocycles. The van der Waals surface area contributed by atoms with Gasteiger partial charge in [0, 0.05) is 19.5 Å². The molecule has 0 atom stereocenters. The lowest BCUT2D eigenvalue weighted by molar-refractivity contribution is -0.138. The molecule has 0 radical (unpaired) electrons. The molecule has 0 saturated heterocycles. The second-order valence-corrected chi connectivity index (χ2v) is 5.02. The summed E-state index contributed by atoms with van der Waals surface area (Å²) < 4.78 is 43.6. The number of hydrogen-bond acceptors (Lipinski definition) is 4. The number of nitriles is 1. The zero-order valence-electron chi connectivity index (χ0n) is 12.9. The van der Waals surface area contributed by atoms with Gasteiger partial charge in [-0.2, -0.15) is 18.4 Å². The molecule has 23 heavy (non-hydrogen) atoms. The topological polar surface area (TPSA) is 56.5 Å². The van der Waals surface area contributed by atoms with Gasteiger partial charge in [0.15, 0.2) is 0 Å². The van der Waals surface area contributed by atoms with Crippen LogP contribution in [0.4, 0.5) is 13.2 Å². The largest absolute Gasteiger partial charge is 0.493 e. The van der Waals surface area contributed by atoms with Crippen molar-refractivity contribution in [1.29, 1.82) is 5.26 Å². The lowest BCUT2D eigenvalue weighted by Gasteiger charge is -2.19. The van der Waals surface area contributed by atoms with Crippen LogP contribution in [0.1, 0.15) is 24.8 Å². The predicted octanol–water partition coefficient (Wildman–Crippen LogP) is 3.07. The number of para-hydroxylation sites is 1. The highest BCUT2D eigenvalue weighted by molar-refractivity contribution is 5.35. The van der Waals surface area contributed by atoms with Crippen LogP contribution in [0, 0.1) is 11.3 Å². The van der Waals surface area contributed by atoms with Crippen molar-refractivity contribution in [1.82, 2.24) is 4.90 Å². The lowest BCUT2D eigenvalue weighted by Crippen LogP contribution is -2.29.